The van der Waals surface area contributed by atoms with E-state index in [1.54, 1.807) is 0 Å². The van der Waals surface area contributed by atoms with Crippen LogP contribution in [0, 0.1) is 17.3 Å². The van der Waals surface area contributed by atoms with Crippen LogP contribution in [0.5, 0.6) is 0 Å². The van der Waals surface area contributed by atoms with E-state index < -0.39 is 0 Å². The van der Waals surface area contributed by atoms with Crippen molar-refractivity contribution in [1.29, 1.82) is 0 Å². The number of hydrogen-bond acceptors (Lipinski definition) is 4. The van der Waals surface area contributed by atoms with Crippen molar-refractivity contribution in [3.05, 3.63) is 11.8 Å². The molecule has 3 fully saturated rings. The molecule has 4 rings (SSSR count). The van der Waals surface area contributed by atoms with E-state index in [1.165, 1.54) is 19.3 Å². The predicted octanol–water partition coefficient (Wildman–Crippen LogP) is 3.50. The summed E-state index contributed by atoms with van der Waals surface area (Å²) < 4.78 is 11.9. The summed E-state index contributed by atoms with van der Waals surface area (Å²) >= 11 is 0. The highest BCUT2D eigenvalue weighted by atomic mass is 16.5. The molecule has 2 unspecified atom stereocenters. The minimum Gasteiger partial charge on any atom is -0.425 e. The Kier molecular flexibility index (Phi) is 2.75. The third-order valence-electron chi connectivity index (χ3n) is 5.10. The molecule has 2 heterocycles. The Balaban J connectivity index is 1.50. The fourth-order valence-electron chi connectivity index (χ4n) is 3.79. The van der Waals surface area contributed by atoms with Crippen LogP contribution in [0.15, 0.2) is 4.42 Å². The summed E-state index contributed by atoms with van der Waals surface area (Å²) in [5, 5.41) is 8.67. The Hall–Kier alpha value is -0.900. The largest absolute Gasteiger partial charge is 0.425 e. The van der Waals surface area contributed by atoms with Crippen molar-refractivity contribution in [3.8, 4) is 0 Å². The molecular formula is C16H24N2O2. The molecular weight excluding hydrogens is 252 g/mol. The summed E-state index contributed by atoms with van der Waals surface area (Å²) in [5.74, 6) is 4.30. The summed E-state index contributed by atoms with van der Waals surface area (Å²) in [4.78, 5) is 0. The first-order chi connectivity index (χ1) is 9.54. The Labute approximate surface area is 120 Å². The van der Waals surface area contributed by atoms with Gasteiger partial charge in [-0.2, -0.15) is 0 Å². The second kappa shape index (κ2) is 4.30. The number of ether oxygens (including phenoxy) is 1. The van der Waals surface area contributed by atoms with Crippen molar-refractivity contribution in [3.63, 3.8) is 0 Å². The molecule has 1 saturated heterocycles. The fraction of sp³-hybridized carbons (Fsp3) is 0.875. The van der Waals surface area contributed by atoms with Gasteiger partial charge in [0.1, 0.15) is 0 Å². The number of rotatable bonds is 3. The summed E-state index contributed by atoms with van der Waals surface area (Å²) in [6.07, 6.45) is 5.26. The minimum absolute atomic E-state index is 0.117. The van der Waals surface area contributed by atoms with Gasteiger partial charge in [-0.25, -0.2) is 0 Å². The highest BCUT2D eigenvalue weighted by Gasteiger charge is 2.51. The van der Waals surface area contributed by atoms with Gasteiger partial charge in [-0.05, 0) is 42.9 Å². The molecule has 110 valence electrons. The minimum atomic E-state index is 0.117. The standard InChI is InChI=1S/C16H24N2O2/c1-16(2,3)13-10(6-7-19-13)14-17-18-15(20-14)12-8-11(12)9-4-5-9/h9-13H,4-8H2,1-3H3/t10-,11?,12?,13-/m0/s1. The number of aromatic nitrogens is 2. The fourth-order valence-corrected chi connectivity index (χ4v) is 3.79. The van der Waals surface area contributed by atoms with Crippen LogP contribution in [0.3, 0.4) is 0 Å². The van der Waals surface area contributed by atoms with E-state index >= 15 is 0 Å². The van der Waals surface area contributed by atoms with Gasteiger partial charge in [-0.1, -0.05) is 20.8 Å². The number of nitrogens with zero attached hydrogens (tertiary/aromatic N) is 2. The van der Waals surface area contributed by atoms with Gasteiger partial charge in [0.05, 0.1) is 12.0 Å². The van der Waals surface area contributed by atoms with E-state index in [-0.39, 0.29) is 17.4 Å². The lowest BCUT2D eigenvalue weighted by molar-refractivity contribution is 0.0170. The summed E-state index contributed by atoms with van der Waals surface area (Å²) in [7, 11) is 0. The molecule has 3 aliphatic rings. The Morgan fingerprint density at radius 2 is 1.70 bits per heavy atom. The SMILES string of the molecule is CC(C)(C)[C@H]1OCC[C@@H]1c1nnc(C2CC2C2CC2)o1. The average Bonchev–Trinajstić information content (AvgIpc) is 3.25. The molecule has 0 amide bonds. The lowest BCUT2D eigenvalue weighted by atomic mass is 9.81. The molecule has 0 spiro atoms. The van der Waals surface area contributed by atoms with Crippen LogP contribution in [-0.2, 0) is 4.74 Å². The van der Waals surface area contributed by atoms with Gasteiger partial charge in [0.2, 0.25) is 11.8 Å². The zero-order chi connectivity index (χ0) is 13.9. The quantitative estimate of drug-likeness (QED) is 0.847. The molecule has 20 heavy (non-hydrogen) atoms. The summed E-state index contributed by atoms with van der Waals surface area (Å²) in [6.45, 7) is 7.46. The monoisotopic (exact) mass is 276 g/mol. The van der Waals surface area contributed by atoms with Gasteiger partial charge in [0.25, 0.3) is 0 Å². The van der Waals surface area contributed by atoms with Gasteiger partial charge < -0.3 is 9.15 Å². The molecule has 1 aliphatic heterocycles. The van der Waals surface area contributed by atoms with E-state index in [4.69, 9.17) is 9.15 Å². The molecule has 4 atom stereocenters. The van der Waals surface area contributed by atoms with Crippen LogP contribution in [0.4, 0.5) is 0 Å². The first kappa shape index (κ1) is 12.8. The van der Waals surface area contributed by atoms with E-state index in [0.717, 1.165) is 36.6 Å². The molecule has 1 aromatic rings. The van der Waals surface area contributed by atoms with Crippen LogP contribution in [0.2, 0.25) is 0 Å². The lowest BCUT2D eigenvalue weighted by Gasteiger charge is -2.29. The Morgan fingerprint density at radius 3 is 2.35 bits per heavy atom. The number of hydrogen-bond donors (Lipinski definition) is 0. The second-order valence-corrected chi connectivity index (χ2v) is 7.87. The molecule has 1 aromatic heterocycles. The molecule has 4 nitrogen and oxygen atoms in total. The summed E-state index contributed by atoms with van der Waals surface area (Å²) in [6, 6.07) is 0. The molecule has 0 N–H and O–H groups in total. The normalized spacial score (nSPS) is 37.4. The van der Waals surface area contributed by atoms with E-state index in [9.17, 15) is 0 Å². The average molecular weight is 276 g/mol. The van der Waals surface area contributed by atoms with Crippen molar-refractivity contribution >= 4 is 0 Å². The van der Waals surface area contributed by atoms with Crippen molar-refractivity contribution in [2.75, 3.05) is 6.61 Å². The zero-order valence-electron chi connectivity index (χ0n) is 12.6. The first-order valence-corrected chi connectivity index (χ1v) is 7.99. The molecule has 0 bridgehead atoms. The summed E-state index contributed by atoms with van der Waals surface area (Å²) in [5.41, 5.74) is 0.117. The molecule has 0 aromatic carbocycles. The molecule has 2 saturated carbocycles. The lowest BCUT2D eigenvalue weighted by Crippen LogP contribution is -2.30. The van der Waals surface area contributed by atoms with Crippen molar-refractivity contribution in [1.82, 2.24) is 10.2 Å². The van der Waals surface area contributed by atoms with Crippen LogP contribution in [-0.4, -0.2) is 22.9 Å². The zero-order valence-corrected chi connectivity index (χ0v) is 12.6. The van der Waals surface area contributed by atoms with Gasteiger partial charge in [-0.3, -0.25) is 0 Å². The van der Waals surface area contributed by atoms with Crippen molar-refractivity contribution in [2.45, 2.75) is 64.4 Å². The van der Waals surface area contributed by atoms with E-state index in [0.29, 0.717) is 5.92 Å². The maximum atomic E-state index is 6.02. The smallest absolute Gasteiger partial charge is 0.222 e. The third kappa shape index (κ3) is 2.18. The van der Waals surface area contributed by atoms with Crippen LogP contribution >= 0.6 is 0 Å². The highest BCUT2D eigenvalue weighted by Crippen LogP contribution is 2.59. The van der Waals surface area contributed by atoms with Gasteiger partial charge in [0, 0.05) is 12.5 Å². The van der Waals surface area contributed by atoms with E-state index in [2.05, 4.69) is 31.0 Å². The van der Waals surface area contributed by atoms with Crippen LogP contribution in [0.25, 0.3) is 0 Å². The maximum absolute atomic E-state index is 6.02. The topological polar surface area (TPSA) is 48.2 Å². The van der Waals surface area contributed by atoms with Gasteiger partial charge in [0.15, 0.2) is 0 Å². The van der Waals surface area contributed by atoms with E-state index in [1.807, 2.05) is 0 Å². The predicted molar refractivity (Wildman–Crippen MR) is 74.4 cm³/mol. The second-order valence-electron chi connectivity index (χ2n) is 7.87. The van der Waals surface area contributed by atoms with Crippen LogP contribution < -0.4 is 0 Å². The van der Waals surface area contributed by atoms with Crippen LogP contribution in [0.1, 0.15) is 70.1 Å². The molecule has 2 aliphatic carbocycles. The van der Waals surface area contributed by atoms with Gasteiger partial charge >= 0.3 is 0 Å². The van der Waals surface area contributed by atoms with Gasteiger partial charge in [-0.15, -0.1) is 10.2 Å². The highest BCUT2D eigenvalue weighted by molar-refractivity contribution is 5.12. The first-order valence-electron chi connectivity index (χ1n) is 7.99. The maximum Gasteiger partial charge on any atom is 0.222 e. The Morgan fingerprint density at radius 1 is 1.00 bits per heavy atom. The van der Waals surface area contributed by atoms with Crippen molar-refractivity contribution < 1.29 is 9.15 Å². The van der Waals surface area contributed by atoms with Crippen molar-refractivity contribution in [2.24, 2.45) is 17.3 Å². The molecule has 4 heteroatoms. The third-order valence-corrected chi connectivity index (χ3v) is 5.10. The molecule has 0 radical (unpaired) electrons. The Bertz CT molecular complexity index is 501.